The van der Waals surface area contributed by atoms with Crippen LogP contribution in [0.15, 0.2) is 36.9 Å². The second-order valence-electron chi connectivity index (χ2n) is 4.81. The number of carbonyl (C=O) groups is 1. The SMILES string of the molecule is C=CCN(Cc1ccc(OC)cc1)C(=O)C(C)CNC.Cl. The van der Waals surface area contributed by atoms with Crippen molar-refractivity contribution in [3.05, 3.63) is 42.5 Å². The van der Waals surface area contributed by atoms with Crippen LogP contribution in [0.2, 0.25) is 0 Å². The minimum absolute atomic E-state index is 0. The van der Waals surface area contributed by atoms with E-state index in [0.717, 1.165) is 11.3 Å². The molecule has 1 N–H and O–H groups in total. The van der Waals surface area contributed by atoms with E-state index < -0.39 is 0 Å². The molecular weight excluding hydrogens is 288 g/mol. The van der Waals surface area contributed by atoms with Crippen molar-refractivity contribution in [2.75, 3.05) is 27.2 Å². The number of carbonyl (C=O) groups excluding carboxylic acids is 1. The fourth-order valence-electron chi connectivity index (χ4n) is 2.04. The third-order valence-electron chi connectivity index (χ3n) is 3.13. The van der Waals surface area contributed by atoms with E-state index in [1.165, 1.54) is 0 Å². The molecule has 1 atom stereocenters. The maximum absolute atomic E-state index is 12.4. The molecule has 1 amide bonds. The fourth-order valence-corrected chi connectivity index (χ4v) is 2.04. The summed E-state index contributed by atoms with van der Waals surface area (Å²) in [6.45, 7) is 7.48. The van der Waals surface area contributed by atoms with Gasteiger partial charge in [0.05, 0.1) is 7.11 Å². The van der Waals surface area contributed by atoms with Crippen molar-refractivity contribution >= 4 is 18.3 Å². The maximum Gasteiger partial charge on any atom is 0.227 e. The second kappa shape index (κ2) is 10.2. The number of nitrogens with one attached hydrogen (secondary N) is 1. The molecule has 0 saturated heterocycles. The molecule has 0 aliphatic carbocycles. The smallest absolute Gasteiger partial charge is 0.227 e. The molecular formula is C16H25ClN2O2. The van der Waals surface area contributed by atoms with Crippen LogP contribution in [0.4, 0.5) is 0 Å². The highest BCUT2D eigenvalue weighted by Crippen LogP contribution is 2.14. The summed E-state index contributed by atoms with van der Waals surface area (Å²) in [6.07, 6.45) is 1.76. The van der Waals surface area contributed by atoms with Crippen molar-refractivity contribution in [3.8, 4) is 5.75 Å². The van der Waals surface area contributed by atoms with Crippen LogP contribution >= 0.6 is 12.4 Å². The number of hydrogen-bond acceptors (Lipinski definition) is 3. The standard InChI is InChI=1S/C16H24N2O2.ClH/c1-5-10-18(16(19)13(2)11-17-3)12-14-6-8-15(20-4)9-7-14;/h5-9,13,17H,1,10-12H2,2-4H3;1H. The molecule has 5 heteroatoms. The largest absolute Gasteiger partial charge is 0.497 e. The lowest BCUT2D eigenvalue weighted by atomic mass is 10.1. The number of ether oxygens (including phenoxy) is 1. The molecule has 0 aromatic heterocycles. The molecule has 21 heavy (non-hydrogen) atoms. The molecule has 1 unspecified atom stereocenters. The van der Waals surface area contributed by atoms with E-state index in [4.69, 9.17) is 4.74 Å². The third-order valence-corrected chi connectivity index (χ3v) is 3.13. The molecule has 0 fully saturated rings. The van der Waals surface area contributed by atoms with E-state index in [1.54, 1.807) is 13.2 Å². The number of rotatable bonds is 8. The number of nitrogens with zero attached hydrogens (tertiary/aromatic N) is 1. The molecule has 0 aliphatic rings. The van der Waals surface area contributed by atoms with Gasteiger partial charge in [0.25, 0.3) is 0 Å². The molecule has 1 aromatic carbocycles. The number of amides is 1. The Balaban J connectivity index is 0.00000400. The molecule has 4 nitrogen and oxygen atoms in total. The van der Waals surface area contributed by atoms with Crippen LogP contribution in [0, 0.1) is 5.92 Å². The predicted octanol–water partition coefficient (Wildman–Crippen LogP) is 2.49. The lowest BCUT2D eigenvalue weighted by Crippen LogP contribution is -2.38. The Morgan fingerprint density at radius 1 is 1.43 bits per heavy atom. The summed E-state index contributed by atoms with van der Waals surface area (Å²) < 4.78 is 5.13. The molecule has 1 aromatic rings. The summed E-state index contributed by atoms with van der Waals surface area (Å²) in [4.78, 5) is 14.2. The lowest BCUT2D eigenvalue weighted by Gasteiger charge is -2.24. The van der Waals surface area contributed by atoms with E-state index in [-0.39, 0.29) is 24.2 Å². The van der Waals surface area contributed by atoms with Crippen molar-refractivity contribution in [1.82, 2.24) is 10.2 Å². The van der Waals surface area contributed by atoms with Gasteiger partial charge >= 0.3 is 0 Å². The van der Waals surface area contributed by atoms with Crippen LogP contribution in [-0.4, -0.2) is 38.1 Å². The monoisotopic (exact) mass is 312 g/mol. The quantitative estimate of drug-likeness (QED) is 0.750. The van der Waals surface area contributed by atoms with E-state index in [1.807, 2.05) is 43.1 Å². The summed E-state index contributed by atoms with van der Waals surface area (Å²) in [5.74, 6) is 0.909. The van der Waals surface area contributed by atoms with Gasteiger partial charge in [-0.2, -0.15) is 0 Å². The average Bonchev–Trinajstić information content (AvgIpc) is 2.47. The normalized spacial score (nSPS) is 11.2. The summed E-state index contributed by atoms with van der Waals surface area (Å²) in [5, 5.41) is 3.03. The van der Waals surface area contributed by atoms with Crippen molar-refractivity contribution in [2.45, 2.75) is 13.5 Å². The number of methoxy groups -OCH3 is 1. The number of hydrogen-bond donors (Lipinski definition) is 1. The maximum atomic E-state index is 12.4. The molecule has 0 bridgehead atoms. The van der Waals surface area contributed by atoms with E-state index >= 15 is 0 Å². The fraction of sp³-hybridized carbons (Fsp3) is 0.438. The van der Waals surface area contributed by atoms with Gasteiger partial charge in [-0.05, 0) is 24.7 Å². The van der Waals surface area contributed by atoms with Crippen molar-refractivity contribution in [1.29, 1.82) is 0 Å². The van der Waals surface area contributed by atoms with Crippen LogP contribution in [0.25, 0.3) is 0 Å². The molecule has 0 aliphatic heterocycles. The second-order valence-corrected chi connectivity index (χ2v) is 4.81. The van der Waals surface area contributed by atoms with E-state index in [2.05, 4.69) is 11.9 Å². The first-order valence-electron chi connectivity index (χ1n) is 6.79. The van der Waals surface area contributed by atoms with Gasteiger partial charge in [0.15, 0.2) is 0 Å². The van der Waals surface area contributed by atoms with Crippen LogP contribution < -0.4 is 10.1 Å². The summed E-state index contributed by atoms with van der Waals surface area (Å²) >= 11 is 0. The van der Waals surface area contributed by atoms with Gasteiger partial charge in [-0.15, -0.1) is 19.0 Å². The highest BCUT2D eigenvalue weighted by molar-refractivity contribution is 5.85. The van der Waals surface area contributed by atoms with Gasteiger partial charge in [0.1, 0.15) is 5.75 Å². The highest BCUT2D eigenvalue weighted by Gasteiger charge is 2.19. The molecule has 0 spiro atoms. The topological polar surface area (TPSA) is 41.6 Å². The van der Waals surface area contributed by atoms with Gasteiger partial charge < -0.3 is 15.0 Å². The predicted molar refractivity (Wildman–Crippen MR) is 88.9 cm³/mol. The zero-order chi connectivity index (χ0) is 15.0. The summed E-state index contributed by atoms with van der Waals surface area (Å²) in [5.41, 5.74) is 1.08. The van der Waals surface area contributed by atoms with Crippen molar-refractivity contribution in [2.24, 2.45) is 5.92 Å². The Morgan fingerprint density at radius 3 is 2.52 bits per heavy atom. The molecule has 0 saturated carbocycles. The van der Waals surface area contributed by atoms with Crippen LogP contribution in [0.3, 0.4) is 0 Å². The van der Waals surface area contributed by atoms with Crippen LogP contribution in [-0.2, 0) is 11.3 Å². The van der Waals surface area contributed by atoms with Gasteiger partial charge in [0, 0.05) is 25.6 Å². The Kier molecular flexibility index (Phi) is 9.50. The zero-order valence-electron chi connectivity index (χ0n) is 13.0. The van der Waals surface area contributed by atoms with E-state index in [0.29, 0.717) is 19.6 Å². The molecule has 118 valence electrons. The summed E-state index contributed by atoms with van der Waals surface area (Å²) in [6, 6.07) is 7.77. The Morgan fingerprint density at radius 2 is 2.05 bits per heavy atom. The number of benzene rings is 1. The van der Waals surface area contributed by atoms with E-state index in [9.17, 15) is 4.79 Å². The first-order valence-corrected chi connectivity index (χ1v) is 6.79. The Hall–Kier alpha value is -1.52. The van der Waals surface area contributed by atoms with Crippen LogP contribution in [0.5, 0.6) is 5.75 Å². The average molecular weight is 313 g/mol. The minimum atomic E-state index is -0.0433. The third kappa shape index (κ3) is 6.19. The first kappa shape index (κ1) is 19.5. The summed E-state index contributed by atoms with van der Waals surface area (Å²) in [7, 11) is 3.49. The molecule has 1 rings (SSSR count). The minimum Gasteiger partial charge on any atom is -0.497 e. The van der Waals surface area contributed by atoms with Gasteiger partial charge in [-0.1, -0.05) is 25.1 Å². The van der Waals surface area contributed by atoms with Crippen LogP contribution in [0.1, 0.15) is 12.5 Å². The van der Waals surface area contributed by atoms with Gasteiger partial charge in [0.2, 0.25) is 5.91 Å². The lowest BCUT2D eigenvalue weighted by molar-refractivity contribution is -0.134. The van der Waals surface area contributed by atoms with Crippen molar-refractivity contribution < 1.29 is 9.53 Å². The molecule has 0 heterocycles. The van der Waals surface area contributed by atoms with Crippen molar-refractivity contribution in [3.63, 3.8) is 0 Å². The Labute approximate surface area is 133 Å². The zero-order valence-corrected chi connectivity index (χ0v) is 13.8. The first-order chi connectivity index (χ1) is 9.62. The highest BCUT2D eigenvalue weighted by atomic mass is 35.5. The Bertz CT molecular complexity index is 434. The van der Waals surface area contributed by atoms with Gasteiger partial charge in [-0.25, -0.2) is 0 Å². The molecule has 0 radical (unpaired) electrons. The number of halogens is 1. The van der Waals surface area contributed by atoms with Gasteiger partial charge in [-0.3, -0.25) is 4.79 Å².